The van der Waals surface area contributed by atoms with Crippen LogP contribution in [0, 0.1) is 16.0 Å². The zero-order chi connectivity index (χ0) is 14.6. The topological polar surface area (TPSA) is 77.2 Å². The molecule has 0 aromatic carbocycles. The molecule has 1 rings (SSSR count). The van der Waals surface area contributed by atoms with Crippen molar-refractivity contribution in [1.82, 2.24) is 9.88 Å². The molecule has 1 N–H and O–H groups in total. The largest absolute Gasteiger partial charge is 0.358 e. The van der Waals surface area contributed by atoms with Crippen LogP contribution in [0.3, 0.4) is 0 Å². The summed E-state index contributed by atoms with van der Waals surface area (Å²) in [5.74, 6) is 0.143. The Kier molecular flexibility index (Phi) is 5.53. The standard InChI is InChI=1S/C12H18BrN3O3/c1-8(2)6-9(13)7-14-12(17)10-4-5-11(15(10)3)16(18)19/h4-5,8-9H,6-7H2,1-3H3,(H,14,17). The number of nitro groups is 1. The summed E-state index contributed by atoms with van der Waals surface area (Å²) < 4.78 is 1.28. The summed E-state index contributed by atoms with van der Waals surface area (Å²) in [6.07, 6.45) is 0.952. The monoisotopic (exact) mass is 331 g/mol. The quantitative estimate of drug-likeness (QED) is 0.494. The van der Waals surface area contributed by atoms with Gasteiger partial charge in [0.15, 0.2) is 5.69 Å². The van der Waals surface area contributed by atoms with E-state index in [0.29, 0.717) is 12.5 Å². The van der Waals surface area contributed by atoms with E-state index in [1.807, 2.05) is 0 Å². The number of halogens is 1. The van der Waals surface area contributed by atoms with E-state index < -0.39 is 4.92 Å². The molecule has 0 saturated heterocycles. The lowest BCUT2D eigenvalue weighted by atomic mass is 10.1. The van der Waals surface area contributed by atoms with Crippen molar-refractivity contribution >= 4 is 27.7 Å². The average molecular weight is 332 g/mol. The van der Waals surface area contributed by atoms with E-state index in [1.54, 1.807) is 0 Å². The minimum Gasteiger partial charge on any atom is -0.358 e. The maximum absolute atomic E-state index is 11.9. The molecule has 1 aromatic heterocycles. The molecule has 0 fully saturated rings. The van der Waals surface area contributed by atoms with Gasteiger partial charge in [0.25, 0.3) is 5.91 Å². The Bertz CT molecular complexity index is 471. The second-order valence-corrected chi connectivity index (χ2v) is 6.12. The van der Waals surface area contributed by atoms with Gasteiger partial charge in [-0.1, -0.05) is 29.8 Å². The number of alkyl halides is 1. The number of amides is 1. The van der Waals surface area contributed by atoms with Crippen molar-refractivity contribution in [2.45, 2.75) is 25.1 Å². The van der Waals surface area contributed by atoms with E-state index >= 15 is 0 Å². The first-order chi connectivity index (χ1) is 8.82. The van der Waals surface area contributed by atoms with Gasteiger partial charge < -0.3 is 15.4 Å². The molecule has 0 bridgehead atoms. The predicted molar refractivity (Wildman–Crippen MR) is 76.6 cm³/mol. The van der Waals surface area contributed by atoms with Crippen LogP contribution < -0.4 is 5.32 Å². The molecule has 0 aliphatic rings. The van der Waals surface area contributed by atoms with Crippen molar-refractivity contribution in [2.75, 3.05) is 6.54 Å². The summed E-state index contributed by atoms with van der Waals surface area (Å²) in [6.45, 7) is 4.71. The van der Waals surface area contributed by atoms with Gasteiger partial charge in [-0.25, -0.2) is 4.57 Å². The number of nitrogens with zero attached hydrogens (tertiary/aromatic N) is 2. The maximum Gasteiger partial charge on any atom is 0.323 e. The molecule has 1 heterocycles. The molecule has 19 heavy (non-hydrogen) atoms. The van der Waals surface area contributed by atoms with Crippen molar-refractivity contribution in [3.8, 4) is 0 Å². The van der Waals surface area contributed by atoms with Crippen LogP contribution in [-0.2, 0) is 7.05 Å². The SMILES string of the molecule is CC(C)CC(Br)CNC(=O)c1ccc([N+](=O)[O-])n1C. The molecular weight excluding hydrogens is 314 g/mol. The van der Waals surface area contributed by atoms with Crippen LogP contribution in [0.2, 0.25) is 0 Å². The summed E-state index contributed by atoms with van der Waals surface area (Å²) in [7, 11) is 1.51. The second kappa shape index (κ2) is 6.70. The average Bonchev–Trinajstić information content (AvgIpc) is 2.67. The Morgan fingerprint density at radius 2 is 2.16 bits per heavy atom. The van der Waals surface area contributed by atoms with Crippen LogP contribution in [0.4, 0.5) is 5.82 Å². The first-order valence-corrected chi connectivity index (χ1v) is 6.96. The molecule has 1 aromatic rings. The van der Waals surface area contributed by atoms with E-state index in [2.05, 4.69) is 35.1 Å². The molecule has 0 spiro atoms. The highest BCUT2D eigenvalue weighted by atomic mass is 79.9. The van der Waals surface area contributed by atoms with Crippen LogP contribution in [0.25, 0.3) is 0 Å². The van der Waals surface area contributed by atoms with Gasteiger partial charge in [-0.05, 0) is 23.3 Å². The fourth-order valence-corrected chi connectivity index (χ4v) is 2.71. The Morgan fingerprint density at radius 1 is 1.53 bits per heavy atom. The highest BCUT2D eigenvalue weighted by Crippen LogP contribution is 2.15. The van der Waals surface area contributed by atoms with Crippen LogP contribution in [-0.4, -0.2) is 26.8 Å². The Morgan fingerprint density at radius 3 is 2.63 bits per heavy atom. The minimum absolute atomic E-state index is 0.0947. The Labute approximate surface area is 120 Å². The zero-order valence-electron chi connectivity index (χ0n) is 11.2. The van der Waals surface area contributed by atoms with Gasteiger partial charge >= 0.3 is 5.82 Å². The molecule has 0 aliphatic heterocycles. The number of nitrogens with one attached hydrogen (secondary N) is 1. The van der Waals surface area contributed by atoms with Gasteiger partial charge in [0.2, 0.25) is 0 Å². The summed E-state index contributed by atoms with van der Waals surface area (Å²) in [4.78, 5) is 22.3. The molecular formula is C12H18BrN3O3. The number of hydrogen-bond acceptors (Lipinski definition) is 3. The number of rotatable bonds is 6. The fraction of sp³-hybridized carbons (Fsp3) is 0.583. The first kappa shape index (κ1) is 15.7. The van der Waals surface area contributed by atoms with Crippen molar-refractivity contribution in [1.29, 1.82) is 0 Å². The number of hydrogen-bond donors (Lipinski definition) is 1. The van der Waals surface area contributed by atoms with E-state index in [1.165, 1.54) is 23.7 Å². The number of carbonyl (C=O) groups is 1. The number of aromatic nitrogens is 1. The van der Waals surface area contributed by atoms with Crippen molar-refractivity contribution in [2.24, 2.45) is 13.0 Å². The van der Waals surface area contributed by atoms with Gasteiger partial charge in [-0.15, -0.1) is 0 Å². The molecule has 1 atom stereocenters. The second-order valence-electron chi connectivity index (χ2n) is 4.83. The lowest BCUT2D eigenvalue weighted by Gasteiger charge is -2.12. The summed E-state index contributed by atoms with van der Waals surface area (Å²) >= 11 is 3.50. The Hall–Kier alpha value is -1.37. The minimum atomic E-state index is -0.511. The first-order valence-electron chi connectivity index (χ1n) is 6.05. The summed E-state index contributed by atoms with van der Waals surface area (Å²) in [6, 6.07) is 2.79. The van der Waals surface area contributed by atoms with E-state index in [0.717, 1.165) is 6.42 Å². The van der Waals surface area contributed by atoms with Crippen LogP contribution in [0.15, 0.2) is 12.1 Å². The Balaban J connectivity index is 2.62. The van der Waals surface area contributed by atoms with Gasteiger partial charge in [0.05, 0.1) is 7.05 Å². The molecule has 1 unspecified atom stereocenters. The third-order valence-corrected chi connectivity index (χ3v) is 3.42. The van der Waals surface area contributed by atoms with Crippen LogP contribution >= 0.6 is 15.9 Å². The zero-order valence-corrected chi connectivity index (χ0v) is 12.8. The third kappa shape index (κ3) is 4.34. The molecule has 6 nitrogen and oxygen atoms in total. The third-order valence-electron chi connectivity index (χ3n) is 2.73. The summed E-state index contributed by atoms with van der Waals surface area (Å²) in [5.41, 5.74) is 0.288. The fourth-order valence-electron chi connectivity index (χ4n) is 1.80. The van der Waals surface area contributed by atoms with Gasteiger partial charge in [0.1, 0.15) is 0 Å². The van der Waals surface area contributed by atoms with Crippen molar-refractivity contribution in [3.05, 3.63) is 27.9 Å². The normalized spacial score (nSPS) is 12.5. The van der Waals surface area contributed by atoms with Crippen LogP contribution in [0.5, 0.6) is 0 Å². The molecule has 7 heteroatoms. The highest BCUT2D eigenvalue weighted by molar-refractivity contribution is 9.09. The molecule has 1 amide bonds. The van der Waals surface area contributed by atoms with Gasteiger partial charge in [0, 0.05) is 17.4 Å². The molecule has 0 radical (unpaired) electrons. The van der Waals surface area contributed by atoms with Crippen molar-refractivity contribution < 1.29 is 9.72 Å². The lowest BCUT2D eigenvalue weighted by Crippen LogP contribution is -2.31. The molecule has 0 saturated carbocycles. The highest BCUT2D eigenvalue weighted by Gasteiger charge is 2.20. The summed E-state index contributed by atoms with van der Waals surface area (Å²) in [5, 5.41) is 13.5. The maximum atomic E-state index is 11.9. The van der Waals surface area contributed by atoms with Gasteiger partial charge in [-0.3, -0.25) is 4.79 Å². The predicted octanol–water partition coefficient (Wildman–Crippen LogP) is 2.47. The van der Waals surface area contributed by atoms with Crippen molar-refractivity contribution in [3.63, 3.8) is 0 Å². The van der Waals surface area contributed by atoms with E-state index in [9.17, 15) is 14.9 Å². The van der Waals surface area contributed by atoms with E-state index in [4.69, 9.17) is 0 Å². The van der Waals surface area contributed by atoms with E-state index in [-0.39, 0.29) is 22.2 Å². The lowest BCUT2D eigenvalue weighted by molar-refractivity contribution is -0.391. The van der Waals surface area contributed by atoms with Gasteiger partial charge in [-0.2, -0.15) is 0 Å². The van der Waals surface area contributed by atoms with Crippen LogP contribution in [0.1, 0.15) is 30.8 Å². The molecule has 106 valence electrons. The molecule has 0 aliphatic carbocycles. The smallest absolute Gasteiger partial charge is 0.323 e. The number of carbonyl (C=O) groups excluding carboxylic acids is 1.